The van der Waals surface area contributed by atoms with E-state index >= 15 is 0 Å². The summed E-state index contributed by atoms with van der Waals surface area (Å²) in [7, 11) is 0. The number of ketones is 1. The number of Topliss-reactive ketones (excluding diaryl/α,β-unsaturated/α-hetero) is 1. The van der Waals surface area contributed by atoms with Crippen LogP contribution in [0.3, 0.4) is 0 Å². The third kappa shape index (κ3) is 3.14. The number of halogens is 2. The van der Waals surface area contributed by atoms with Gasteiger partial charge in [-0.15, -0.1) is 11.3 Å². The number of rotatable bonds is 3. The van der Waals surface area contributed by atoms with E-state index in [0.29, 0.717) is 20.5 Å². The van der Waals surface area contributed by atoms with Crippen LogP contribution in [0, 0.1) is 18.3 Å². The zero-order valence-electron chi connectivity index (χ0n) is 11.7. The van der Waals surface area contributed by atoms with E-state index in [2.05, 4.69) is 5.32 Å². The number of carbonyl (C=O) groups is 2. The van der Waals surface area contributed by atoms with Crippen LogP contribution in [0.1, 0.15) is 38.1 Å². The lowest BCUT2D eigenvalue weighted by Crippen LogP contribution is -2.12. The molecule has 1 aromatic carbocycles. The van der Waals surface area contributed by atoms with E-state index in [9.17, 15) is 14.9 Å². The molecule has 2 aromatic rings. The average Bonchev–Trinajstić information content (AvgIpc) is 2.74. The van der Waals surface area contributed by atoms with Crippen molar-refractivity contribution in [3.63, 3.8) is 0 Å². The number of amides is 1. The summed E-state index contributed by atoms with van der Waals surface area (Å²) in [6.07, 6.45) is 0. The molecule has 0 bridgehead atoms. The summed E-state index contributed by atoms with van der Waals surface area (Å²) in [5, 5.41) is 12.8. The molecule has 22 heavy (non-hydrogen) atoms. The Balaban J connectivity index is 2.39. The zero-order valence-corrected chi connectivity index (χ0v) is 14.0. The molecule has 4 nitrogen and oxygen atoms in total. The second-order valence-electron chi connectivity index (χ2n) is 4.51. The predicted octanol–water partition coefficient (Wildman–Crippen LogP) is 4.69. The van der Waals surface area contributed by atoms with Crippen molar-refractivity contribution in [1.29, 1.82) is 5.26 Å². The van der Waals surface area contributed by atoms with E-state index in [1.54, 1.807) is 13.0 Å². The quantitative estimate of drug-likeness (QED) is 0.814. The molecule has 112 valence electrons. The van der Waals surface area contributed by atoms with Crippen LogP contribution in [0.25, 0.3) is 0 Å². The molecule has 1 aromatic heterocycles. The number of hydrogen-bond donors (Lipinski definition) is 1. The Morgan fingerprint density at radius 1 is 1.32 bits per heavy atom. The number of nitriles is 1. The van der Waals surface area contributed by atoms with Gasteiger partial charge in [0, 0.05) is 5.02 Å². The van der Waals surface area contributed by atoms with E-state index in [-0.39, 0.29) is 21.9 Å². The number of thiophene rings is 1. The van der Waals surface area contributed by atoms with E-state index in [4.69, 9.17) is 23.2 Å². The summed E-state index contributed by atoms with van der Waals surface area (Å²) in [4.78, 5) is 24.3. The van der Waals surface area contributed by atoms with E-state index in [1.165, 1.54) is 19.1 Å². The van der Waals surface area contributed by atoms with Gasteiger partial charge in [0.25, 0.3) is 5.91 Å². The van der Waals surface area contributed by atoms with Gasteiger partial charge in [-0.1, -0.05) is 23.2 Å². The molecule has 1 heterocycles. The molecule has 0 fully saturated rings. The van der Waals surface area contributed by atoms with Crippen LogP contribution in [0.5, 0.6) is 0 Å². The van der Waals surface area contributed by atoms with Gasteiger partial charge in [-0.05, 0) is 37.6 Å². The van der Waals surface area contributed by atoms with E-state index in [0.717, 1.165) is 11.3 Å². The molecule has 0 aliphatic carbocycles. The summed E-state index contributed by atoms with van der Waals surface area (Å²) in [6, 6.07) is 6.52. The monoisotopic (exact) mass is 352 g/mol. The number of hydrogen-bond acceptors (Lipinski definition) is 4. The van der Waals surface area contributed by atoms with Crippen LogP contribution >= 0.6 is 34.5 Å². The third-order valence-electron chi connectivity index (χ3n) is 2.98. The molecule has 2 rings (SSSR count). The van der Waals surface area contributed by atoms with Crippen molar-refractivity contribution in [2.45, 2.75) is 13.8 Å². The molecule has 0 radical (unpaired) electrons. The van der Waals surface area contributed by atoms with Gasteiger partial charge in [-0.3, -0.25) is 9.59 Å². The van der Waals surface area contributed by atoms with Crippen LogP contribution in [0.2, 0.25) is 10.0 Å². The Morgan fingerprint density at radius 3 is 2.55 bits per heavy atom. The highest BCUT2D eigenvalue weighted by Gasteiger charge is 2.20. The SMILES string of the molecule is CC(=O)c1sc(NC(=O)c2ccc(Cl)cc2Cl)c(C#N)c1C. The molecular formula is C15H10Cl2N2O2S. The number of nitrogens with one attached hydrogen (secondary N) is 1. The Bertz CT molecular complexity index is 822. The predicted molar refractivity (Wildman–Crippen MR) is 88.2 cm³/mol. The van der Waals surface area contributed by atoms with Gasteiger partial charge in [0.05, 0.1) is 21.0 Å². The maximum absolute atomic E-state index is 12.3. The number of carbonyl (C=O) groups excluding carboxylic acids is 2. The maximum Gasteiger partial charge on any atom is 0.257 e. The summed E-state index contributed by atoms with van der Waals surface area (Å²) >= 11 is 12.9. The lowest BCUT2D eigenvalue weighted by molar-refractivity contribution is 0.101. The van der Waals surface area contributed by atoms with Crippen LogP contribution in [0.15, 0.2) is 18.2 Å². The first-order chi connectivity index (χ1) is 10.3. The van der Waals surface area contributed by atoms with Crippen LogP contribution < -0.4 is 5.32 Å². The smallest absolute Gasteiger partial charge is 0.257 e. The average molecular weight is 353 g/mol. The summed E-state index contributed by atoms with van der Waals surface area (Å²) in [5.74, 6) is -0.612. The van der Waals surface area contributed by atoms with Crippen molar-refractivity contribution in [2.75, 3.05) is 5.32 Å². The molecule has 0 saturated heterocycles. The lowest BCUT2D eigenvalue weighted by atomic mass is 10.1. The molecule has 0 saturated carbocycles. The molecule has 1 amide bonds. The van der Waals surface area contributed by atoms with Crippen molar-refractivity contribution < 1.29 is 9.59 Å². The normalized spacial score (nSPS) is 10.1. The van der Waals surface area contributed by atoms with Crippen molar-refractivity contribution in [3.8, 4) is 6.07 Å². The van der Waals surface area contributed by atoms with Gasteiger partial charge in [0.2, 0.25) is 0 Å². The largest absolute Gasteiger partial charge is 0.312 e. The third-order valence-corrected chi connectivity index (χ3v) is 4.84. The molecule has 0 unspecified atom stereocenters. The molecule has 0 aliphatic rings. The number of benzene rings is 1. The maximum atomic E-state index is 12.3. The standard InChI is InChI=1S/C15H10Cl2N2O2S/c1-7-11(6-18)15(22-13(7)8(2)20)19-14(21)10-4-3-9(16)5-12(10)17/h3-5H,1-2H3,(H,19,21). The first kappa shape index (κ1) is 16.5. The Labute approximate surface area is 141 Å². The lowest BCUT2D eigenvalue weighted by Gasteiger charge is -2.05. The first-order valence-corrected chi connectivity index (χ1v) is 7.73. The van der Waals surface area contributed by atoms with Gasteiger partial charge in [-0.25, -0.2) is 0 Å². The van der Waals surface area contributed by atoms with Crippen LogP contribution in [-0.2, 0) is 0 Å². The zero-order chi connectivity index (χ0) is 16.4. The number of anilines is 1. The molecule has 0 spiro atoms. The molecule has 1 N–H and O–H groups in total. The number of nitrogens with zero attached hydrogens (tertiary/aromatic N) is 1. The Hall–Kier alpha value is -1.87. The highest BCUT2D eigenvalue weighted by Crippen LogP contribution is 2.33. The van der Waals surface area contributed by atoms with Crippen molar-refractivity contribution in [1.82, 2.24) is 0 Å². The highest BCUT2D eigenvalue weighted by molar-refractivity contribution is 7.18. The van der Waals surface area contributed by atoms with Gasteiger partial charge >= 0.3 is 0 Å². The fourth-order valence-electron chi connectivity index (χ4n) is 1.92. The first-order valence-electron chi connectivity index (χ1n) is 6.16. The fraction of sp³-hybridized carbons (Fsp3) is 0.133. The summed E-state index contributed by atoms with van der Waals surface area (Å²) in [5.41, 5.74) is 1.09. The minimum absolute atomic E-state index is 0.149. The Kier molecular flexibility index (Phi) is 4.87. The van der Waals surface area contributed by atoms with Crippen molar-refractivity contribution in [3.05, 3.63) is 49.8 Å². The van der Waals surface area contributed by atoms with Crippen molar-refractivity contribution >= 4 is 51.2 Å². The topological polar surface area (TPSA) is 70.0 Å². The minimum atomic E-state index is -0.463. The van der Waals surface area contributed by atoms with Gasteiger partial charge < -0.3 is 5.32 Å². The molecule has 7 heteroatoms. The van der Waals surface area contributed by atoms with E-state index in [1.807, 2.05) is 6.07 Å². The fourth-order valence-corrected chi connectivity index (χ4v) is 3.46. The van der Waals surface area contributed by atoms with Gasteiger partial charge in [0.1, 0.15) is 11.1 Å². The summed E-state index contributed by atoms with van der Waals surface area (Å²) in [6.45, 7) is 3.10. The highest BCUT2D eigenvalue weighted by atomic mass is 35.5. The van der Waals surface area contributed by atoms with Crippen molar-refractivity contribution in [2.24, 2.45) is 0 Å². The van der Waals surface area contributed by atoms with Crippen LogP contribution in [-0.4, -0.2) is 11.7 Å². The van der Waals surface area contributed by atoms with Gasteiger partial charge in [-0.2, -0.15) is 5.26 Å². The molecule has 0 aliphatic heterocycles. The van der Waals surface area contributed by atoms with E-state index < -0.39 is 5.91 Å². The molecular weight excluding hydrogens is 343 g/mol. The Morgan fingerprint density at radius 2 is 2.00 bits per heavy atom. The second kappa shape index (κ2) is 6.49. The van der Waals surface area contributed by atoms with Crippen LogP contribution in [0.4, 0.5) is 5.00 Å². The summed E-state index contributed by atoms with van der Waals surface area (Å²) < 4.78 is 0. The minimum Gasteiger partial charge on any atom is -0.312 e. The second-order valence-corrected chi connectivity index (χ2v) is 6.37. The molecule has 0 atom stereocenters. The van der Waals surface area contributed by atoms with Gasteiger partial charge in [0.15, 0.2) is 5.78 Å².